The molecular weight excluding hydrogens is 418 g/mol. The molecule has 0 aromatic heterocycles. The number of amides is 1. The average Bonchev–Trinajstić information content (AvgIpc) is 3.11. The minimum atomic E-state index is -3.34. The minimum Gasteiger partial charge on any atom is -0.452 e. The molecule has 1 saturated heterocycles. The summed E-state index contributed by atoms with van der Waals surface area (Å²) < 4.78 is 30.6. The molecule has 1 aliphatic rings. The van der Waals surface area contributed by atoms with E-state index in [1.54, 1.807) is 19.2 Å². The lowest BCUT2D eigenvalue weighted by molar-refractivity contribution is -0.133. The summed E-state index contributed by atoms with van der Waals surface area (Å²) in [6, 6.07) is 14.1. The summed E-state index contributed by atoms with van der Waals surface area (Å²) in [6.45, 7) is 0.392. The van der Waals surface area contributed by atoms with Crippen LogP contribution in [0.25, 0.3) is 0 Å². The molecule has 0 spiro atoms. The lowest BCUT2D eigenvalue weighted by Crippen LogP contribution is -2.31. The number of hydrogen-bond acceptors (Lipinski definition) is 6. The first-order chi connectivity index (χ1) is 14.7. The van der Waals surface area contributed by atoms with E-state index in [2.05, 4.69) is 0 Å². The van der Waals surface area contributed by atoms with E-state index in [9.17, 15) is 18.0 Å². The summed E-state index contributed by atoms with van der Waals surface area (Å²) in [4.78, 5) is 28.3. The highest BCUT2D eigenvalue weighted by atomic mass is 32.2. The molecule has 2 aromatic carbocycles. The van der Waals surface area contributed by atoms with Crippen LogP contribution >= 0.6 is 0 Å². The standard InChI is InChI=1S/C22H27N3O5S/c1-23(2)19-10-8-17(9-11-19)15-24(3)21(26)16-30-22(27)18-6-4-7-20(14-18)25-12-5-13-31(25,28)29/h4,6-11,14H,5,12-13,15-16H2,1-3H3. The Balaban J connectivity index is 1.56. The molecule has 1 amide bonds. The van der Waals surface area contributed by atoms with Gasteiger partial charge in [-0.3, -0.25) is 9.10 Å². The van der Waals surface area contributed by atoms with E-state index in [0.29, 0.717) is 25.2 Å². The molecule has 0 radical (unpaired) electrons. The molecule has 31 heavy (non-hydrogen) atoms. The fraction of sp³-hybridized carbons (Fsp3) is 0.364. The molecule has 1 fully saturated rings. The number of rotatable bonds is 7. The highest BCUT2D eigenvalue weighted by Crippen LogP contribution is 2.25. The van der Waals surface area contributed by atoms with Crippen LogP contribution in [0.2, 0.25) is 0 Å². The third kappa shape index (κ3) is 5.55. The zero-order valence-corrected chi connectivity index (χ0v) is 18.8. The quantitative estimate of drug-likeness (QED) is 0.607. The highest BCUT2D eigenvalue weighted by molar-refractivity contribution is 7.93. The smallest absolute Gasteiger partial charge is 0.338 e. The van der Waals surface area contributed by atoms with Crippen molar-refractivity contribution in [2.75, 3.05) is 49.3 Å². The zero-order valence-electron chi connectivity index (χ0n) is 17.9. The number of likely N-dealkylation sites (N-methyl/N-ethyl adjacent to an activating group) is 1. The lowest BCUT2D eigenvalue weighted by Gasteiger charge is -2.19. The third-order valence-electron chi connectivity index (χ3n) is 5.09. The van der Waals surface area contributed by atoms with Crippen molar-refractivity contribution in [3.05, 3.63) is 59.7 Å². The van der Waals surface area contributed by atoms with Gasteiger partial charge in [0.1, 0.15) is 0 Å². The molecular formula is C22H27N3O5S. The summed E-state index contributed by atoms with van der Waals surface area (Å²) in [5.41, 5.74) is 2.66. The Labute approximate surface area is 183 Å². The first kappa shape index (κ1) is 22.6. The molecule has 1 heterocycles. The Morgan fingerprint density at radius 2 is 1.77 bits per heavy atom. The second-order valence-electron chi connectivity index (χ2n) is 7.68. The summed E-state index contributed by atoms with van der Waals surface area (Å²) in [5.74, 6) is -0.903. The summed E-state index contributed by atoms with van der Waals surface area (Å²) >= 11 is 0. The van der Waals surface area contributed by atoms with Gasteiger partial charge < -0.3 is 14.5 Å². The maximum absolute atomic E-state index is 12.4. The Kier molecular flexibility index (Phi) is 6.84. The lowest BCUT2D eigenvalue weighted by atomic mass is 10.2. The minimum absolute atomic E-state index is 0.0976. The molecule has 2 aromatic rings. The molecule has 166 valence electrons. The first-order valence-electron chi connectivity index (χ1n) is 9.95. The molecule has 9 heteroatoms. The zero-order chi connectivity index (χ0) is 22.6. The van der Waals surface area contributed by atoms with E-state index in [-0.39, 0.29) is 17.2 Å². The van der Waals surface area contributed by atoms with E-state index >= 15 is 0 Å². The molecule has 3 rings (SSSR count). The predicted octanol–water partition coefficient (Wildman–Crippen LogP) is 2.11. The SMILES string of the molecule is CN(Cc1ccc(N(C)C)cc1)C(=O)COC(=O)c1cccc(N2CCCS2(=O)=O)c1. The number of sulfonamides is 1. The van der Waals surface area contributed by atoms with Crippen molar-refractivity contribution < 1.29 is 22.7 Å². The number of ether oxygens (including phenoxy) is 1. The van der Waals surface area contributed by atoms with Crippen LogP contribution in [0, 0.1) is 0 Å². The molecule has 0 bridgehead atoms. The summed E-state index contributed by atoms with van der Waals surface area (Å²) in [6.07, 6.45) is 0.551. The van der Waals surface area contributed by atoms with Crippen molar-refractivity contribution >= 4 is 33.3 Å². The van der Waals surface area contributed by atoms with Crippen LogP contribution in [-0.2, 0) is 26.1 Å². The number of nitrogens with zero attached hydrogens (tertiary/aromatic N) is 3. The number of benzene rings is 2. The van der Waals surface area contributed by atoms with E-state index in [0.717, 1.165) is 11.3 Å². The van der Waals surface area contributed by atoms with Crippen molar-refractivity contribution in [1.29, 1.82) is 0 Å². The Morgan fingerprint density at radius 1 is 1.06 bits per heavy atom. The van der Waals surface area contributed by atoms with Gasteiger partial charge in [0.2, 0.25) is 10.0 Å². The molecule has 0 saturated carbocycles. The monoisotopic (exact) mass is 445 g/mol. The van der Waals surface area contributed by atoms with Crippen LogP contribution < -0.4 is 9.21 Å². The number of hydrogen-bond donors (Lipinski definition) is 0. The van der Waals surface area contributed by atoms with Crippen LogP contribution in [0.3, 0.4) is 0 Å². The average molecular weight is 446 g/mol. The second kappa shape index (κ2) is 9.38. The Morgan fingerprint density at radius 3 is 2.39 bits per heavy atom. The number of esters is 1. The van der Waals surface area contributed by atoms with Crippen molar-refractivity contribution in [2.45, 2.75) is 13.0 Å². The highest BCUT2D eigenvalue weighted by Gasteiger charge is 2.28. The van der Waals surface area contributed by atoms with Gasteiger partial charge in [-0.1, -0.05) is 18.2 Å². The normalized spacial score (nSPS) is 14.9. The first-order valence-corrected chi connectivity index (χ1v) is 11.6. The van der Waals surface area contributed by atoms with Crippen LogP contribution in [0.4, 0.5) is 11.4 Å². The Bertz CT molecular complexity index is 1050. The van der Waals surface area contributed by atoms with Crippen LogP contribution in [0.5, 0.6) is 0 Å². The molecule has 0 aliphatic carbocycles. The fourth-order valence-electron chi connectivity index (χ4n) is 3.30. The van der Waals surface area contributed by atoms with Gasteiger partial charge in [0.05, 0.1) is 17.0 Å². The van der Waals surface area contributed by atoms with Gasteiger partial charge in [-0.15, -0.1) is 0 Å². The van der Waals surface area contributed by atoms with E-state index in [1.807, 2.05) is 43.3 Å². The van der Waals surface area contributed by atoms with Crippen LogP contribution in [0.1, 0.15) is 22.3 Å². The fourth-order valence-corrected chi connectivity index (χ4v) is 4.86. The number of anilines is 2. The summed E-state index contributed by atoms with van der Waals surface area (Å²) in [5, 5.41) is 0. The van der Waals surface area contributed by atoms with Crippen molar-refractivity contribution in [1.82, 2.24) is 4.90 Å². The largest absolute Gasteiger partial charge is 0.452 e. The number of carbonyl (C=O) groups excluding carboxylic acids is 2. The van der Waals surface area contributed by atoms with Gasteiger partial charge in [-0.05, 0) is 42.3 Å². The third-order valence-corrected chi connectivity index (χ3v) is 6.96. The maximum Gasteiger partial charge on any atom is 0.338 e. The van der Waals surface area contributed by atoms with Crippen LogP contribution in [-0.4, -0.2) is 65.2 Å². The van der Waals surface area contributed by atoms with Crippen molar-refractivity contribution in [2.24, 2.45) is 0 Å². The molecule has 1 aliphatic heterocycles. The maximum atomic E-state index is 12.4. The van der Waals surface area contributed by atoms with E-state index in [1.165, 1.54) is 21.3 Å². The van der Waals surface area contributed by atoms with Gasteiger partial charge in [0, 0.05) is 39.9 Å². The van der Waals surface area contributed by atoms with Gasteiger partial charge in [-0.2, -0.15) is 0 Å². The Hall–Kier alpha value is -3.07. The number of carbonyl (C=O) groups is 2. The van der Waals surface area contributed by atoms with Gasteiger partial charge in [0.25, 0.3) is 5.91 Å². The second-order valence-corrected chi connectivity index (χ2v) is 9.69. The molecule has 0 atom stereocenters. The van der Waals surface area contributed by atoms with Crippen molar-refractivity contribution in [3.8, 4) is 0 Å². The summed E-state index contributed by atoms with van der Waals surface area (Å²) in [7, 11) is 2.22. The van der Waals surface area contributed by atoms with Gasteiger partial charge in [0.15, 0.2) is 6.61 Å². The van der Waals surface area contributed by atoms with Gasteiger partial charge in [-0.25, -0.2) is 13.2 Å². The van der Waals surface area contributed by atoms with Crippen molar-refractivity contribution in [3.63, 3.8) is 0 Å². The molecule has 8 nitrogen and oxygen atoms in total. The predicted molar refractivity (Wildman–Crippen MR) is 120 cm³/mol. The van der Waals surface area contributed by atoms with E-state index in [4.69, 9.17) is 4.74 Å². The molecule has 0 unspecified atom stereocenters. The van der Waals surface area contributed by atoms with Gasteiger partial charge >= 0.3 is 5.97 Å². The molecule has 0 N–H and O–H groups in total. The van der Waals surface area contributed by atoms with E-state index < -0.39 is 22.6 Å². The van der Waals surface area contributed by atoms with Crippen LogP contribution in [0.15, 0.2) is 48.5 Å². The topological polar surface area (TPSA) is 87.2 Å².